The van der Waals surface area contributed by atoms with Crippen LogP contribution in [0.4, 0.5) is 0 Å². The molecule has 0 saturated carbocycles. The Labute approximate surface area is 252 Å². The maximum atomic E-state index is 5.22. The largest absolute Gasteiger partial charge is 0.212 e. The standard InChI is InChI=1S/C40H31N3/c1-26-20-21-29-12-4-7-17-35(29)37(26)40-42-38(41-39(43-40)36-19-9-14-28-11-3-6-16-34(28)36)31-24-22-30(23-25-31)33-18-8-13-27-10-2-5-15-32(27)33/h2,4-10,12-26,37H,3,11H2,1H3. The average molecular weight is 554 g/mol. The molecule has 0 saturated heterocycles. The molecule has 2 atom stereocenters. The molecule has 0 bridgehead atoms. The van der Waals surface area contributed by atoms with Gasteiger partial charge in [0, 0.05) is 11.1 Å². The molecule has 3 nitrogen and oxygen atoms in total. The van der Waals surface area contributed by atoms with Gasteiger partial charge in [-0.15, -0.1) is 0 Å². The van der Waals surface area contributed by atoms with Crippen molar-refractivity contribution in [3.63, 3.8) is 0 Å². The smallest absolute Gasteiger partial charge is 0.164 e. The number of benzene rings is 5. The number of hydrogen-bond donors (Lipinski definition) is 0. The van der Waals surface area contributed by atoms with E-state index in [2.05, 4.69) is 140 Å². The van der Waals surface area contributed by atoms with Gasteiger partial charge in [0.2, 0.25) is 0 Å². The van der Waals surface area contributed by atoms with Crippen LogP contribution in [0.1, 0.15) is 47.3 Å². The quantitative estimate of drug-likeness (QED) is 0.218. The van der Waals surface area contributed by atoms with E-state index in [9.17, 15) is 0 Å². The topological polar surface area (TPSA) is 38.7 Å². The first kappa shape index (κ1) is 25.6. The van der Waals surface area contributed by atoms with Crippen molar-refractivity contribution in [2.24, 2.45) is 5.92 Å². The molecule has 8 rings (SSSR count). The van der Waals surface area contributed by atoms with Crippen molar-refractivity contribution >= 4 is 22.9 Å². The highest BCUT2D eigenvalue weighted by molar-refractivity contribution is 5.96. The van der Waals surface area contributed by atoms with Crippen molar-refractivity contribution in [3.05, 3.63) is 149 Å². The second-order valence-corrected chi connectivity index (χ2v) is 11.6. The summed E-state index contributed by atoms with van der Waals surface area (Å²) in [7, 11) is 0. The Bertz CT molecular complexity index is 2050. The van der Waals surface area contributed by atoms with Crippen molar-refractivity contribution in [2.45, 2.75) is 25.7 Å². The molecule has 0 radical (unpaired) electrons. The zero-order valence-electron chi connectivity index (χ0n) is 24.1. The summed E-state index contributed by atoms with van der Waals surface area (Å²) in [5.74, 6) is 2.57. The highest BCUT2D eigenvalue weighted by Crippen LogP contribution is 2.39. The Morgan fingerprint density at radius 2 is 1.37 bits per heavy atom. The van der Waals surface area contributed by atoms with Gasteiger partial charge in [0.15, 0.2) is 11.6 Å². The fourth-order valence-electron chi connectivity index (χ4n) is 6.69. The lowest BCUT2D eigenvalue weighted by Gasteiger charge is -2.27. The van der Waals surface area contributed by atoms with Gasteiger partial charge in [-0.05, 0) is 62.9 Å². The number of aryl methyl sites for hydroxylation is 1. The Kier molecular flexibility index (Phi) is 6.30. The van der Waals surface area contributed by atoms with Crippen LogP contribution in [0.5, 0.6) is 0 Å². The van der Waals surface area contributed by atoms with Gasteiger partial charge < -0.3 is 0 Å². The molecule has 1 heterocycles. The number of hydrogen-bond acceptors (Lipinski definition) is 3. The number of allylic oxidation sites excluding steroid dienone is 2. The van der Waals surface area contributed by atoms with Gasteiger partial charge in [-0.25, -0.2) is 15.0 Å². The number of fused-ring (bicyclic) bond motifs is 3. The lowest BCUT2D eigenvalue weighted by atomic mass is 9.79. The molecule has 5 aromatic carbocycles. The van der Waals surface area contributed by atoms with Gasteiger partial charge in [0.05, 0.1) is 5.92 Å². The summed E-state index contributed by atoms with van der Waals surface area (Å²) in [6, 6.07) is 38.8. The number of aromatic nitrogens is 3. The van der Waals surface area contributed by atoms with Crippen LogP contribution in [0.15, 0.2) is 121 Å². The molecule has 206 valence electrons. The van der Waals surface area contributed by atoms with Gasteiger partial charge in [-0.2, -0.15) is 0 Å². The zero-order valence-corrected chi connectivity index (χ0v) is 24.1. The summed E-state index contributed by atoms with van der Waals surface area (Å²) in [5.41, 5.74) is 9.53. The summed E-state index contributed by atoms with van der Waals surface area (Å²) < 4.78 is 0. The van der Waals surface area contributed by atoms with Gasteiger partial charge in [0.1, 0.15) is 5.82 Å². The highest BCUT2D eigenvalue weighted by atomic mass is 15.0. The van der Waals surface area contributed by atoms with E-state index in [4.69, 9.17) is 15.0 Å². The van der Waals surface area contributed by atoms with Crippen molar-refractivity contribution in [1.29, 1.82) is 0 Å². The number of nitrogens with zero attached hydrogens (tertiary/aromatic N) is 3. The summed E-state index contributed by atoms with van der Waals surface area (Å²) in [5, 5.41) is 2.49. The Hall–Kier alpha value is -5.15. The highest BCUT2D eigenvalue weighted by Gasteiger charge is 2.29. The second-order valence-electron chi connectivity index (χ2n) is 11.6. The van der Waals surface area contributed by atoms with E-state index in [1.54, 1.807) is 0 Å². The third-order valence-corrected chi connectivity index (χ3v) is 8.91. The Morgan fingerprint density at radius 1 is 0.628 bits per heavy atom. The zero-order chi connectivity index (χ0) is 28.8. The molecule has 2 aliphatic rings. The van der Waals surface area contributed by atoms with E-state index in [0.717, 1.165) is 35.6 Å². The van der Waals surface area contributed by atoms with Crippen LogP contribution < -0.4 is 0 Å². The van der Waals surface area contributed by atoms with Crippen LogP contribution in [0.2, 0.25) is 0 Å². The van der Waals surface area contributed by atoms with E-state index in [1.165, 1.54) is 44.2 Å². The minimum atomic E-state index is 0.0479. The van der Waals surface area contributed by atoms with Crippen molar-refractivity contribution < 1.29 is 0 Å². The van der Waals surface area contributed by atoms with E-state index < -0.39 is 0 Å². The van der Waals surface area contributed by atoms with Gasteiger partial charge >= 0.3 is 0 Å². The van der Waals surface area contributed by atoms with Crippen LogP contribution in [-0.4, -0.2) is 15.0 Å². The molecule has 1 aromatic heterocycles. The van der Waals surface area contributed by atoms with E-state index >= 15 is 0 Å². The molecule has 6 aromatic rings. The van der Waals surface area contributed by atoms with Gasteiger partial charge in [-0.3, -0.25) is 0 Å². The summed E-state index contributed by atoms with van der Waals surface area (Å²) in [6.07, 6.45) is 11.1. The van der Waals surface area contributed by atoms with Crippen molar-refractivity contribution in [3.8, 4) is 33.9 Å². The number of rotatable bonds is 4. The lowest BCUT2D eigenvalue weighted by molar-refractivity contribution is 0.585. The van der Waals surface area contributed by atoms with Crippen LogP contribution in [-0.2, 0) is 6.42 Å². The molecule has 0 spiro atoms. The molecular weight excluding hydrogens is 522 g/mol. The molecule has 2 aliphatic carbocycles. The molecule has 3 heteroatoms. The molecule has 0 N–H and O–H groups in total. The first-order valence-corrected chi connectivity index (χ1v) is 15.1. The fraction of sp³-hybridized carbons (Fsp3) is 0.125. The average Bonchev–Trinajstić information content (AvgIpc) is 3.07. The third kappa shape index (κ3) is 4.58. The predicted octanol–water partition coefficient (Wildman–Crippen LogP) is 9.78. The summed E-state index contributed by atoms with van der Waals surface area (Å²) >= 11 is 0. The molecule has 0 amide bonds. The predicted molar refractivity (Wildman–Crippen MR) is 177 cm³/mol. The molecule has 2 unspecified atom stereocenters. The van der Waals surface area contributed by atoms with Crippen LogP contribution in [0, 0.1) is 5.92 Å². The normalized spacial score (nSPS) is 17.0. The second kappa shape index (κ2) is 10.6. The van der Waals surface area contributed by atoms with E-state index in [1.807, 2.05) is 0 Å². The summed E-state index contributed by atoms with van der Waals surface area (Å²) in [4.78, 5) is 15.5. The Morgan fingerprint density at radius 3 is 2.30 bits per heavy atom. The van der Waals surface area contributed by atoms with Crippen LogP contribution in [0.3, 0.4) is 0 Å². The first-order chi connectivity index (χ1) is 21.2. The van der Waals surface area contributed by atoms with Crippen molar-refractivity contribution in [1.82, 2.24) is 15.0 Å². The first-order valence-electron chi connectivity index (χ1n) is 15.1. The maximum Gasteiger partial charge on any atom is 0.164 e. The van der Waals surface area contributed by atoms with Gasteiger partial charge in [0.25, 0.3) is 0 Å². The monoisotopic (exact) mass is 553 g/mol. The molecular formula is C40H31N3. The fourth-order valence-corrected chi connectivity index (χ4v) is 6.69. The van der Waals surface area contributed by atoms with Gasteiger partial charge in [-0.1, -0.05) is 140 Å². The SMILES string of the molecule is CC1C=Cc2ccccc2C1c1nc(-c2ccc(-c3cccc4ccccc34)cc2)nc(-c2cccc3c2C=CCC3)n1. The summed E-state index contributed by atoms with van der Waals surface area (Å²) in [6.45, 7) is 2.26. The molecule has 0 fully saturated rings. The minimum Gasteiger partial charge on any atom is -0.212 e. The van der Waals surface area contributed by atoms with Crippen LogP contribution in [0.25, 0.3) is 56.8 Å². The molecule has 43 heavy (non-hydrogen) atoms. The Balaban J connectivity index is 1.28. The lowest BCUT2D eigenvalue weighted by Crippen LogP contribution is -2.18. The minimum absolute atomic E-state index is 0.0479. The van der Waals surface area contributed by atoms with E-state index in [0.29, 0.717) is 5.82 Å². The van der Waals surface area contributed by atoms with Crippen LogP contribution >= 0.6 is 0 Å². The third-order valence-electron chi connectivity index (χ3n) is 8.91. The van der Waals surface area contributed by atoms with E-state index in [-0.39, 0.29) is 11.8 Å². The maximum absolute atomic E-state index is 5.22. The van der Waals surface area contributed by atoms with Crippen molar-refractivity contribution in [2.75, 3.05) is 0 Å². The molecule has 0 aliphatic heterocycles.